The van der Waals surface area contributed by atoms with Gasteiger partial charge in [0.25, 0.3) is 5.91 Å². The van der Waals surface area contributed by atoms with Crippen LogP contribution in [0.4, 0.5) is 4.39 Å². The number of carboxylic acid groups (broad SMARTS) is 1. The van der Waals surface area contributed by atoms with E-state index in [1.54, 1.807) is 23.8 Å². The third-order valence-corrected chi connectivity index (χ3v) is 4.39. The largest absolute Gasteiger partial charge is 0.505 e. The van der Waals surface area contributed by atoms with Crippen molar-refractivity contribution in [1.82, 2.24) is 4.57 Å². The monoisotopic (exact) mass is 333 g/mol. The maximum atomic E-state index is 13.7. The molecule has 2 aromatic heterocycles. The molecule has 0 aliphatic heterocycles. The maximum Gasteiger partial charge on any atom is 0.307 e. The van der Waals surface area contributed by atoms with Crippen molar-refractivity contribution in [3.8, 4) is 5.75 Å². The van der Waals surface area contributed by atoms with Gasteiger partial charge in [-0.3, -0.25) is 14.2 Å². The number of benzene rings is 1. The number of thiophene rings is 1. The Balaban J connectivity index is 2.32. The standard InChI is InChI=1S/C16H12FNO4S/c1-8-10(5-15(20)21)11-4-14(19)12(17)6-13(11)18(8)16(22)9-2-3-23-7-9/h2-4,6-7,19H,5H2,1H3,(H,20,21). The van der Waals surface area contributed by atoms with E-state index in [0.29, 0.717) is 22.2 Å². The van der Waals surface area contributed by atoms with Crippen molar-refractivity contribution in [3.05, 3.63) is 51.6 Å². The number of hydrogen-bond acceptors (Lipinski definition) is 4. The van der Waals surface area contributed by atoms with Gasteiger partial charge in [-0.2, -0.15) is 11.3 Å². The van der Waals surface area contributed by atoms with Gasteiger partial charge in [-0.25, -0.2) is 4.39 Å². The minimum absolute atomic E-state index is 0.241. The smallest absolute Gasteiger partial charge is 0.307 e. The zero-order chi connectivity index (χ0) is 16.7. The minimum Gasteiger partial charge on any atom is -0.505 e. The number of nitrogens with zero attached hydrogens (tertiary/aromatic N) is 1. The Morgan fingerprint density at radius 3 is 2.70 bits per heavy atom. The summed E-state index contributed by atoms with van der Waals surface area (Å²) in [4.78, 5) is 23.8. The molecule has 3 rings (SSSR count). The van der Waals surface area contributed by atoms with Gasteiger partial charge >= 0.3 is 5.97 Å². The number of aliphatic carboxylic acids is 1. The number of phenols is 1. The molecule has 2 heterocycles. The molecule has 0 saturated heterocycles. The number of halogens is 1. The predicted octanol–water partition coefficient (Wildman–Crippen LogP) is 3.17. The number of rotatable bonds is 3. The molecule has 0 fully saturated rings. The van der Waals surface area contributed by atoms with Crippen molar-refractivity contribution < 1.29 is 24.2 Å². The highest BCUT2D eigenvalue weighted by Crippen LogP contribution is 2.32. The van der Waals surface area contributed by atoms with Gasteiger partial charge < -0.3 is 10.2 Å². The van der Waals surface area contributed by atoms with Crippen LogP contribution in [0, 0.1) is 12.7 Å². The molecule has 7 heteroatoms. The van der Waals surface area contributed by atoms with E-state index in [1.807, 2.05) is 0 Å². The van der Waals surface area contributed by atoms with Crippen molar-refractivity contribution >= 4 is 34.1 Å². The van der Waals surface area contributed by atoms with E-state index in [-0.39, 0.29) is 17.8 Å². The summed E-state index contributed by atoms with van der Waals surface area (Å²) in [7, 11) is 0. The second-order valence-electron chi connectivity index (χ2n) is 5.11. The highest BCUT2D eigenvalue weighted by Gasteiger charge is 2.23. The minimum atomic E-state index is -1.07. The third-order valence-electron chi connectivity index (χ3n) is 3.70. The van der Waals surface area contributed by atoms with Crippen LogP contribution in [0.2, 0.25) is 0 Å². The molecular formula is C16H12FNO4S. The zero-order valence-corrected chi connectivity index (χ0v) is 12.9. The summed E-state index contributed by atoms with van der Waals surface area (Å²) in [6.45, 7) is 1.61. The first-order valence-corrected chi connectivity index (χ1v) is 7.65. The van der Waals surface area contributed by atoms with Crippen molar-refractivity contribution in [2.45, 2.75) is 13.3 Å². The third kappa shape index (κ3) is 2.49. The molecule has 0 amide bonds. The van der Waals surface area contributed by atoms with E-state index in [9.17, 15) is 19.1 Å². The number of fused-ring (bicyclic) bond motifs is 1. The van der Waals surface area contributed by atoms with E-state index in [4.69, 9.17) is 5.11 Å². The molecule has 5 nitrogen and oxygen atoms in total. The van der Waals surface area contributed by atoms with Crippen LogP contribution in [-0.4, -0.2) is 26.7 Å². The van der Waals surface area contributed by atoms with Crippen LogP contribution in [0.5, 0.6) is 5.75 Å². The molecule has 118 valence electrons. The Labute approximate surface area is 134 Å². The number of aromatic nitrogens is 1. The first-order chi connectivity index (χ1) is 10.9. The van der Waals surface area contributed by atoms with Gasteiger partial charge in [-0.1, -0.05) is 0 Å². The van der Waals surface area contributed by atoms with Crippen molar-refractivity contribution in [1.29, 1.82) is 0 Å². The Morgan fingerprint density at radius 1 is 1.35 bits per heavy atom. The molecule has 2 N–H and O–H groups in total. The fourth-order valence-corrected chi connectivity index (χ4v) is 3.27. The van der Waals surface area contributed by atoms with Crippen molar-refractivity contribution in [3.63, 3.8) is 0 Å². The molecule has 1 aromatic carbocycles. The fourth-order valence-electron chi connectivity index (χ4n) is 2.64. The van der Waals surface area contributed by atoms with E-state index in [1.165, 1.54) is 15.9 Å². The SMILES string of the molecule is Cc1c(CC(=O)O)c2cc(O)c(F)cc2n1C(=O)c1ccsc1. The van der Waals surface area contributed by atoms with E-state index >= 15 is 0 Å². The summed E-state index contributed by atoms with van der Waals surface area (Å²) in [6, 6.07) is 3.85. The lowest BCUT2D eigenvalue weighted by atomic mass is 10.1. The molecule has 0 atom stereocenters. The number of carboxylic acids is 1. The van der Waals surface area contributed by atoms with Crippen LogP contribution in [0.15, 0.2) is 29.0 Å². The average molecular weight is 333 g/mol. The first kappa shape index (κ1) is 15.2. The lowest BCUT2D eigenvalue weighted by molar-refractivity contribution is -0.136. The molecule has 0 radical (unpaired) electrons. The molecule has 0 spiro atoms. The summed E-state index contributed by atoms with van der Waals surface area (Å²) >= 11 is 1.35. The van der Waals surface area contributed by atoms with Crippen LogP contribution >= 0.6 is 11.3 Å². The van der Waals surface area contributed by atoms with Crippen LogP contribution in [-0.2, 0) is 11.2 Å². The van der Waals surface area contributed by atoms with Gasteiger partial charge in [0.15, 0.2) is 11.6 Å². The topological polar surface area (TPSA) is 79.5 Å². The second kappa shape index (κ2) is 5.51. The number of phenolic OH excluding ortho intramolecular Hbond substituents is 1. The van der Waals surface area contributed by atoms with E-state index in [2.05, 4.69) is 0 Å². The van der Waals surface area contributed by atoms with E-state index < -0.39 is 17.5 Å². The molecule has 0 aliphatic rings. The maximum absolute atomic E-state index is 13.7. The zero-order valence-electron chi connectivity index (χ0n) is 12.0. The molecule has 3 aromatic rings. The second-order valence-corrected chi connectivity index (χ2v) is 5.89. The number of hydrogen-bond donors (Lipinski definition) is 2. The molecule has 0 aliphatic carbocycles. The van der Waals surface area contributed by atoms with E-state index in [0.717, 1.165) is 12.1 Å². The first-order valence-electron chi connectivity index (χ1n) is 6.71. The van der Waals surface area contributed by atoms with Gasteiger partial charge in [0.1, 0.15) is 0 Å². The summed E-state index contributed by atoms with van der Waals surface area (Å²) < 4.78 is 15.0. The van der Waals surface area contributed by atoms with Crippen molar-refractivity contribution in [2.75, 3.05) is 0 Å². The lowest BCUT2D eigenvalue weighted by Gasteiger charge is -2.06. The molecular weight excluding hydrogens is 321 g/mol. The molecule has 0 unspecified atom stereocenters. The van der Waals surface area contributed by atoms with Gasteiger partial charge in [0.05, 0.1) is 17.5 Å². The van der Waals surface area contributed by atoms with Gasteiger partial charge in [0.2, 0.25) is 0 Å². The normalized spacial score (nSPS) is 11.0. The highest BCUT2D eigenvalue weighted by molar-refractivity contribution is 7.08. The average Bonchev–Trinajstić information content (AvgIpc) is 3.09. The van der Waals surface area contributed by atoms with Crippen LogP contribution in [0.25, 0.3) is 10.9 Å². The van der Waals surface area contributed by atoms with Crippen molar-refractivity contribution in [2.24, 2.45) is 0 Å². The molecule has 0 saturated carbocycles. The van der Waals surface area contributed by atoms with Gasteiger partial charge in [-0.15, -0.1) is 0 Å². The van der Waals surface area contributed by atoms with Gasteiger partial charge in [-0.05, 0) is 30.0 Å². The Kier molecular flexibility index (Phi) is 3.65. The fraction of sp³-hybridized carbons (Fsp3) is 0.125. The lowest BCUT2D eigenvalue weighted by Crippen LogP contribution is -2.13. The Bertz CT molecular complexity index is 928. The summed E-state index contributed by atoms with van der Waals surface area (Å²) in [5, 5.41) is 22.4. The van der Waals surface area contributed by atoms with Crippen LogP contribution in [0.1, 0.15) is 21.6 Å². The Morgan fingerprint density at radius 2 is 2.09 bits per heavy atom. The summed E-state index contributed by atoms with van der Waals surface area (Å²) in [5.74, 6) is -2.88. The summed E-state index contributed by atoms with van der Waals surface area (Å²) in [5.41, 5.74) is 1.48. The number of aromatic hydroxyl groups is 1. The molecule has 0 bridgehead atoms. The van der Waals surface area contributed by atoms with Gasteiger partial charge in [0, 0.05) is 22.5 Å². The molecule has 23 heavy (non-hydrogen) atoms. The predicted molar refractivity (Wildman–Crippen MR) is 83.7 cm³/mol. The highest BCUT2D eigenvalue weighted by atomic mass is 32.1. The Hall–Kier alpha value is -2.67. The summed E-state index contributed by atoms with van der Waals surface area (Å²) in [6.07, 6.45) is -0.322. The number of carbonyl (C=O) groups excluding carboxylic acids is 1. The quantitative estimate of drug-likeness (QED) is 0.771. The van der Waals surface area contributed by atoms with Crippen LogP contribution < -0.4 is 0 Å². The van der Waals surface area contributed by atoms with Crippen LogP contribution in [0.3, 0.4) is 0 Å². The number of carbonyl (C=O) groups is 2.